The molecule has 7 nitrogen and oxygen atoms in total. The predicted molar refractivity (Wildman–Crippen MR) is 103 cm³/mol. The van der Waals surface area contributed by atoms with Gasteiger partial charge >= 0.3 is 6.09 Å². The van der Waals surface area contributed by atoms with Gasteiger partial charge in [0, 0.05) is 32.8 Å². The number of piperazine rings is 1. The highest BCUT2D eigenvalue weighted by atomic mass is 16.6. The molecule has 27 heavy (non-hydrogen) atoms. The summed E-state index contributed by atoms with van der Waals surface area (Å²) in [6, 6.07) is 9.56. The molecule has 1 aromatic rings. The van der Waals surface area contributed by atoms with Crippen LogP contribution in [0.3, 0.4) is 0 Å². The van der Waals surface area contributed by atoms with Crippen LogP contribution >= 0.6 is 0 Å². The Labute approximate surface area is 161 Å². The second-order valence-electron chi connectivity index (χ2n) is 6.65. The summed E-state index contributed by atoms with van der Waals surface area (Å²) < 4.78 is 10.6. The van der Waals surface area contributed by atoms with E-state index in [4.69, 9.17) is 15.2 Å². The monoisotopic (exact) mass is 377 g/mol. The molecule has 150 valence electrons. The number of benzene rings is 1. The quantitative estimate of drug-likeness (QED) is 0.666. The van der Waals surface area contributed by atoms with Crippen LogP contribution in [0.1, 0.15) is 31.7 Å². The summed E-state index contributed by atoms with van der Waals surface area (Å²) in [6.45, 7) is 5.40. The first kappa shape index (κ1) is 21.2. The van der Waals surface area contributed by atoms with Crippen molar-refractivity contribution in [2.24, 2.45) is 5.73 Å². The third-order valence-electron chi connectivity index (χ3n) is 4.60. The fraction of sp³-hybridized carbons (Fsp3) is 0.600. The number of hydrogen-bond donors (Lipinski definition) is 1. The van der Waals surface area contributed by atoms with Crippen molar-refractivity contribution >= 4 is 12.0 Å². The summed E-state index contributed by atoms with van der Waals surface area (Å²) in [6.07, 6.45) is 2.06. The fourth-order valence-electron chi connectivity index (χ4n) is 3.01. The average molecular weight is 377 g/mol. The average Bonchev–Trinajstić information content (AvgIpc) is 2.71. The van der Waals surface area contributed by atoms with Crippen LogP contribution < -0.4 is 5.73 Å². The van der Waals surface area contributed by atoms with Crippen LogP contribution in [-0.2, 0) is 20.9 Å². The molecule has 1 saturated heterocycles. The number of hydrogen-bond acceptors (Lipinski definition) is 5. The highest BCUT2D eigenvalue weighted by Crippen LogP contribution is 2.09. The Kier molecular flexibility index (Phi) is 9.07. The largest absolute Gasteiger partial charge is 0.450 e. The van der Waals surface area contributed by atoms with Gasteiger partial charge in [-0.25, -0.2) is 4.79 Å². The first-order chi connectivity index (χ1) is 13.1. The Hall–Kier alpha value is -2.12. The smallest absolute Gasteiger partial charge is 0.409 e. The first-order valence-electron chi connectivity index (χ1n) is 9.69. The van der Waals surface area contributed by atoms with E-state index < -0.39 is 6.04 Å². The van der Waals surface area contributed by atoms with E-state index in [9.17, 15) is 9.59 Å². The lowest BCUT2D eigenvalue weighted by Crippen LogP contribution is -2.54. The highest BCUT2D eigenvalue weighted by molar-refractivity contribution is 5.82. The highest BCUT2D eigenvalue weighted by Gasteiger charge is 2.27. The van der Waals surface area contributed by atoms with Gasteiger partial charge in [-0.05, 0) is 31.7 Å². The first-order valence-corrected chi connectivity index (χ1v) is 9.69. The second-order valence-corrected chi connectivity index (χ2v) is 6.65. The molecule has 1 aromatic carbocycles. The minimum absolute atomic E-state index is 0.0382. The fourth-order valence-corrected chi connectivity index (χ4v) is 3.01. The number of unbranched alkanes of at least 4 members (excludes halogenated alkanes) is 1. The third kappa shape index (κ3) is 7.19. The standard InChI is InChI=1S/C20H31N3O4/c1-2-27-20(25)23-13-11-22(12-14-23)19(24)18(21)10-6-7-15-26-16-17-8-4-3-5-9-17/h3-5,8-9,18H,2,6-7,10-16,21H2,1H3/t18-/m0/s1. The van der Waals surface area contributed by atoms with Crippen LogP contribution in [-0.4, -0.2) is 67.2 Å². The molecule has 0 saturated carbocycles. The Bertz CT molecular complexity index is 574. The molecule has 1 fully saturated rings. The Morgan fingerprint density at radius 1 is 1.07 bits per heavy atom. The van der Waals surface area contributed by atoms with Crippen molar-refractivity contribution in [1.82, 2.24) is 9.80 Å². The van der Waals surface area contributed by atoms with Crippen molar-refractivity contribution in [3.05, 3.63) is 35.9 Å². The molecular formula is C20H31N3O4. The minimum Gasteiger partial charge on any atom is -0.450 e. The summed E-state index contributed by atoms with van der Waals surface area (Å²) in [7, 11) is 0. The maximum atomic E-state index is 12.4. The van der Waals surface area contributed by atoms with Crippen molar-refractivity contribution in [2.75, 3.05) is 39.4 Å². The summed E-state index contributed by atoms with van der Waals surface area (Å²) in [5.74, 6) is -0.0382. The summed E-state index contributed by atoms with van der Waals surface area (Å²) in [5, 5.41) is 0. The molecule has 1 atom stereocenters. The van der Waals surface area contributed by atoms with Gasteiger partial charge in [0.25, 0.3) is 0 Å². The van der Waals surface area contributed by atoms with Gasteiger partial charge in [-0.1, -0.05) is 30.3 Å². The van der Waals surface area contributed by atoms with E-state index in [0.717, 1.165) is 18.4 Å². The van der Waals surface area contributed by atoms with E-state index in [2.05, 4.69) is 0 Å². The number of carbonyl (C=O) groups is 2. The minimum atomic E-state index is -0.492. The van der Waals surface area contributed by atoms with Gasteiger partial charge in [0.2, 0.25) is 5.91 Å². The molecule has 0 unspecified atom stereocenters. The lowest BCUT2D eigenvalue weighted by molar-refractivity contribution is -0.134. The van der Waals surface area contributed by atoms with Gasteiger partial charge in [-0.15, -0.1) is 0 Å². The van der Waals surface area contributed by atoms with E-state index >= 15 is 0 Å². The van der Waals surface area contributed by atoms with Gasteiger partial charge in [0.15, 0.2) is 0 Å². The molecule has 0 aliphatic carbocycles. The molecule has 7 heteroatoms. The van der Waals surface area contributed by atoms with Crippen molar-refractivity contribution in [3.8, 4) is 0 Å². The zero-order valence-corrected chi connectivity index (χ0v) is 16.1. The lowest BCUT2D eigenvalue weighted by Gasteiger charge is -2.35. The van der Waals surface area contributed by atoms with Gasteiger partial charge in [0.1, 0.15) is 0 Å². The Balaban J connectivity index is 1.57. The third-order valence-corrected chi connectivity index (χ3v) is 4.60. The number of nitrogens with zero attached hydrogens (tertiary/aromatic N) is 2. The Morgan fingerprint density at radius 3 is 2.41 bits per heavy atom. The van der Waals surface area contributed by atoms with E-state index in [0.29, 0.717) is 52.4 Å². The second kappa shape index (κ2) is 11.6. The number of nitrogens with two attached hydrogens (primary N) is 1. The summed E-state index contributed by atoms with van der Waals surface area (Å²) >= 11 is 0. The molecule has 0 radical (unpaired) electrons. The predicted octanol–water partition coefficient (Wildman–Crippen LogP) is 2.00. The molecule has 1 heterocycles. The van der Waals surface area contributed by atoms with Crippen LogP contribution in [0.4, 0.5) is 4.79 Å². The molecule has 1 aliphatic heterocycles. The molecule has 2 amide bonds. The molecule has 1 aliphatic rings. The molecule has 0 aromatic heterocycles. The van der Waals surface area contributed by atoms with Crippen molar-refractivity contribution in [3.63, 3.8) is 0 Å². The summed E-state index contributed by atoms with van der Waals surface area (Å²) in [4.78, 5) is 27.5. The number of carbonyl (C=O) groups excluding carboxylic acids is 2. The number of ether oxygens (including phenoxy) is 2. The van der Waals surface area contributed by atoms with Gasteiger partial charge in [-0.2, -0.15) is 0 Å². The normalized spacial score (nSPS) is 15.5. The molecule has 0 bridgehead atoms. The molecular weight excluding hydrogens is 346 g/mol. The number of amides is 2. The van der Waals surface area contributed by atoms with Crippen LogP contribution in [0.5, 0.6) is 0 Å². The van der Waals surface area contributed by atoms with Crippen molar-refractivity contribution < 1.29 is 19.1 Å². The lowest BCUT2D eigenvalue weighted by atomic mass is 10.1. The van der Waals surface area contributed by atoms with Crippen LogP contribution in [0.15, 0.2) is 30.3 Å². The van der Waals surface area contributed by atoms with Crippen LogP contribution in [0.2, 0.25) is 0 Å². The molecule has 0 spiro atoms. The zero-order valence-electron chi connectivity index (χ0n) is 16.1. The van der Waals surface area contributed by atoms with Crippen molar-refractivity contribution in [1.29, 1.82) is 0 Å². The van der Waals surface area contributed by atoms with Gasteiger partial charge in [-0.3, -0.25) is 4.79 Å². The van der Waals surface area contributed by atoms with Crippen LogP contribution in [0, 0.1) is 0 Å². The van der Waals surface area contributed by atoms with Crippen molar-refractivity contribution in [2.45, 2.75) is 38.8 Å². The van der Waals surface area contributed by atoms with Crippen LogP contribution in [0.25, 0.3) is 0 Å². The summed E-state index contributed by atoms with van der Waals surface area (Å²) in [5.41, 5.74) is 7.22. The van der Waals surface area contributed by atoms with Gasteiger partial charge in [0.05, 0.1) is 19.3 Å². The van der Waals surface area contributed by atoms with E-state index in [1.807, 2.05) is 30.3 Å². The van der Waals surface area contributed by atoms with Gasteiger partial charge < -0.3 is 25.0 Å². The van der Waals surface area contributed by atoms with E-state index in [1.165, 1.54) is 0 Å². The SMILES string of the molecule is CCOC(=O)N1CCN(C(=O)[C@@H](N)CCCCOCc2ccccc2)CC1. The van der Waals surface area contributed by atoms with E-state index in [1.54, 1.807) is 16.7 Å². The zero-order chi connectivity index (χ0) is 19.5. The topological polar surface area (TPSA) is 85.1 Å². The van der Waals surface area contributed by atoms with E-state index in [-0.39, 0.29) is 12.0 Å². The molecule has 2 N–H and O–H groups in total. The molecule has 2 rings (SSSR count). The number of rotatable bonds is 9. The maximum Gasteiger partial charge on any atom is 0.409 e. The Morgan fingerprint density at radius 2 is 1.74 bits per heavy atom. The maximum absolute atomic E-state index is 12.4.